The summed E-state index contributed by atoms with van der Waals surface area (Å²) in [6.07, 6.45) is 8.47. The first-order valence-electron chi connectivity index (χ1n) is 6.85. The highest BCUT2D eigenvalue weighted by Gasteiger charge is 2.14. The first kappa shape index (κ1) is 15.0. The fraction of sp³-hybridized carbons (Fsp3) is 1.00. The zero-order valence-electron chi connectivity index (χ0n) is 11.9. The molecule has 0 radical (unpaired) electrons. The third-order valence-electron chi connectivity index (χ3n) is 3.27. The molecule has 0 aromatic carbocycles. The maximum absolute atomic E-state index is 2.35. The van der Waals surface area contributed by atoms with Crippen LogP contribution in [0, 0.1) is 17.3 Å². The van der Waals surface area contributed by atoms with Gasteiger partial charge in [-0.05, 0) is 30.1 Å². The Labute approximate surface area is 97.8 Å². The van der Waals surface area contributed by atoms with Crippen LogP contribution in [0.25, 0.3) is 0 Å². The van der Waals surface area contributed by atoms with Crippen molar-refractivity contribution in [2.24, 2.45) is 17.3 Å². The van der Waals surface area contributed by atoms with Gasteiger partial charge in [0.1, 0.15) is 0 Å². The highest BCUT2D eigenvalue weighted by atomic mass is 14.2. The second-order valence-electron chi connectivity index (χ2n) is 6.70. The summed E-state index contributed by atoms with van der Waals surface area (Å²) in [4.78, 5) is 0. The number of hydrogen-bond acceptors (Lipinski definition) is 0. The predicted octanol–water partition coefficient (Wildman–Crippen LogP) is 5.67. The summed E-state index contributed by atoms with van der Waals surface area (Å²) >= 11 is 0. The van der Waals surface area contributed by atoms with Gasteiger partial charge < -0.3 is 0 Å². The van der Waals surface area contributed by atoms with Crippen LogP contribution in [-0.4, -0.2) is 0 Å². The Kier molecular flexibility index (Phi) is 7.30. The molecular weight excluding hydrogens is 180 g/mol. The summed E-state index contributed by atoms with van der Waals surface area (Å²) in [5.41, 5.74) is 0.519. The van der Waals surface area contributed by atoms with Crippen LogP contribution >= 0.6 is 0 Å². The summed E-state index contributed by atoms with van der Waals surface area (Å²) < 4.78 is 0. The Hall–Kier alpha value is 0. The van der Waals surface area contributed by atoms with E-state index in [9.17, 15) is 0 Å². The van der Waals surface area contributed by atoms with Gasteiger partial charge in [-0.1, -0.05) is 67.2 Å². The van der Waals surface area contributed by atoms with Crippen molar-refractivity contribution in [3.8, 4) is 0 Å². The molecule has 0 saturated carbocycles. The average Bonchev–Trinajstić information content (AvgIpc) is 2.08. The standard InChI is InChI=1S/C15H32/c1-7-14(10-8-9-13(2)3)11-12-15(4,5)6/h13-14H,7-12H2,1-6H3/t14-/m0/s1. The van der Waals surface area contributed by atoms with Crippen LogP contribution in [-0.2, 0) is 0 Å². The normalized spacial score (nSPS) is 14.6. The summed E-state index contributed by atoms with van der Waals surface area (Å²) in [6.45, 7) is 14.1. The highest BCUT2D eigenvalue weighted by Crippen LogP contribution is 2.27. The smallest absolute Gasteiger partial charge is 0.0383 e. The molecule has 15 heavy (non-hydrogen) atoms. The fourth-order valence-electron chi connectivity index (χ4n) is 2.00. The molecule has 0 aliphatic heterocycles. The van der Waals surface area contributed by atoms with Crippen molar-refractivity contribution in [3.63, 3.8) is 0 Å². The van der Waals surface area contributed by atoms with Gasteiger partial charge in [0.15, 0.2) is 0 Å². The summed E-state index contributed by atoms with van der Waals surface area (Å²) in [5.74, 6) is 1.85. The summed E-state index contributed by atoms with van der Waals surface area (Å²) in [6, 6.07) is 0. The number of hydrogen-bond donors (Lipinski definition) is 0. The van der Waals surface area contributed by atoms with E-state index in [0.29, 0.717) is 5.41 Å². The van der Waals surface area contributed by atoms with Crippen LogP contribution in [0.4, 0.5) is 0 Å². The first-order valence-corrected chi connectivity index (χ1v) is 6.85. The van der Waals surface area contributed by atoms with Crippen molar-refractivity contribution in [1.29, 1.82) is 0 Å². The van der Waals surface area contributed by atoms with Crippen LogP contribution in [0.2, 0.25) is 0 Å². The minimum absolute atomic E-state index is 0.519. The van der Waals surface area contributed by atoms with Crippen molar-refractivity contribution in [2.75, 3.05) is 0 Å². The van der Waals surface area contributed by atoms with Crippen molar-refractivity contribution < 1.29 is 0 Å². The molecule has 0 heteroatoms. The molecular formula is C15H32. The Morgan fingerprint density at radius 1 is 0.933 bits per heavy atom. The van der Waals surface area contributed by atoms with Gasteiger partial charge in [0.2, 0.25) is 0 Å². The fourth-order valence-corrected chi connectivity index (χ4v) is 2.00. The molecule has 0 aromatic rings. The SMILES string of the molecule is CC[C@@H](CCCC(C)C)CCC(C)(C)C. The molecule has 0 N–H and O–H groups in total. The van der Waals surface area contributed by atoms with Gasteiger partial charge in [0.25, 0.3) is 0 Å². The maximum atomic E-state index is 2.35. The van der Waals surface area contributed by atoms with Crippen LogP contribution in [0.5, 0.6) is 0 Å². The third kappa shape index (κ3) is 10.3. The topological polar surface area (TPSA) is 0 Å². The molecule has 0 fully saturated rings. The largest absolute Gasteiger partial charge is 0.0651 e. The van der Waals surface area contributed by atoms with Gasteiger partial charge in [0, 0.05) is 0 Å². The van der Waals surface area contributed by atoms with Gasteiger partial charge in [-0.25, -0.2) is 0 Å². The van der Waals surface area contributed by atoms with E-state index in [1.54, 1.807) is 0 Å². The molecule has 0 amide bonds. The van der Waals surface area contributed by atoms with E-state index in [2.05, 4.69) is 41.5 Å². The second kappa shape index (κ2) is 7.30. The molecule has 0 aliphatic carbocycles. The average molecular weight is 212 g/mol. The van der Waals surface area contributed by atoms with Crippen LogP contribution in [0.3, 0.4) is 0 Å². The van der Waals surface area contributed by atoms with E-state index in [0.717, 1.165) is 11.8 Å². The minimum atomic E-state index is 0.519. The Bertz CT molecular complexity index is 139. The lowest BCUT2D eigenvalue weighted by molar-refractivity contribution is 0.301. The predicted molar refractivity (Wildman–Crippen MR) is 71.2 cm³/mol. The van der Waals surface area contributed by atoms with Gasteiger partial charge in [-0.15, -0.1) is 0 Å². The van der Waals surface area contributed by atoms with E-state index in [-0.39, 0.29) is 0 Å². The Balaban J connectivity index is 3.64. The molecule has 0 aromatic heterocycles. The highest BCUT2D eigenvalue weighted by molar-refractivity contribution is 4.66. The zero-order valence-corrected chi connectivity index (χ0v) is 11.9. The van der Waals surface area contributed by atoms with E-state index < -0.39 is 0 Å². The van der Waals surface area contributed by atoms with Crippen LogP contribution < -0.4 is 0 Å². The molecule has 1 atom stereocenters. The lowest BCUT2D eigenvalue weighted by atomic mass is 9.84. The van der Waals surface area contributed by atoms with Crippen molar-refractivity contribution in [3.05, 3.63) is 0 Å². The van der Waals surface area contributed by atoms with E-state index >= 15 is 0 Å². The van der Waals surface area contributed by atoms with Gasteiger partial charge in [-0.3, -0.25) is 0 Å². The van der Waals surface area contributed by atoms with Gasteiger partial charge in [0.05, 0.1) is 0 Å². The minimum Gasteiger partial charge on any atom is -0.0651 e. The maximum Gasteiger partial charge on any atom is -0.0383 e. The van der Waals surface area contributed by atoms with E-state index in [1.165, 1.54) is 38.5 Å². The van der Waals surface area contributed by atoms with Crippen LogP contribution in [0.15, 0.2) is 0 Å². The summed E-state index contributed by atoms with van der Waals surface area (Å²) in [5, 5.41) is 0. The van der Waals surface area contributed by atoms with Gasteiger partial charge >= 0.3 is 0 Å². The molecule has 92 valence electrons. The monoisotopic (exact) mass is 212 g/mol. The van der Waals surface area contributed by atoms with E-state index in [1.807, 2.05) is 0 Å². The lowest BCUT2D eigenvalue weighted by Gasteiger charge is -2.22. The van der Waals surface area contributed by atoms with Crippen LogP contribution in [0.1, 0.15) is 80.1 Å². The van der Waals surface area contributed by atoms with Crippen molar-refractivity contribution in [2.45, 2.75) is 80.1 Å². The molecule has 0 rings (SSSR count). The first-order chi connectivity index (χ1) is 6.85. The van der Waals surface area contributed by atoms with Crippen molar-refractivity contribution >= 4 is 0 Å². The third-order valence-corrected chi connectivity index (χ3v) is 3.27. The molecule has 0 heterocycles. The zero-order chi connectivity index (χ0) is 11.9. The molecule has 0 unspecified atom stereocenters. The van der Waals surface area contributed by atoms with Crippen molar-refractivity contribution in [1.82, 2.24) is 0 Å². The van der Waals surface area contributed by atoms with Gasteiger partial charge in [-0.2, -0.15) is 0 Å². The van der Waals surface area contributed by atoms with E-state index in [4.69, 9.17) is 0 Å². The molecule has 0 aliphatic rings. The Morgan fingerprint density at radius 2 is 1.53 bits per heavy atom. The Morgan fingerprint density at radius 3 is 1.93 bits per heavy atom. The second-order valence-corrected chi connectivity index (χ2v) is 6.70. The quantitative estimate of drug-likeness (QED) is 0.510. The molecule has 0 spiro atoms. The lowest BCUT2D eigenvalue weighted by Crippen LogP contribution is -2.09. The molecule has 0 saturated heterocycles. The summed E-state index contributed by atoms with van der Waals surface area (Å²) in [7, 11) is 0. The molecule has 0 bridgehead atoms. The molecule has 0 nitrogen and oxygen atoms in total. The number of rotatable bonds is 7.